The highest BCUT2D eigenvalue weighted by Crippen LogP contribution is 2.31. The van der Waals surface area contributed by atoms with E-state index in [1.165, 1.54) is 18.4 Å². The molecule has 0 bridgehead atoms. The number of aryl methyl sites for hydroxylation is 1. The zero-order valence-corrected chi connectivity index (χ0v) is 12.9. The molecule has 1 fully saturated rings. The third-order valence-corrected chi connectivity index (χ3v) is 4.00. The van der Waals surface area contributed by atoms with Gasteiger partial charge in [-0.15, -0.1) is 0 Å². The predicted octanol–water partition coefficient (Wildman–Crippen LogP) is 3.46. The van der Waals surface area contributed by atoms with Crippen LogP contribution in [0.1, 0.15) is 42.6 Å². The van der Waals surface area contributed by atoms with Crippen LogP contribution in [-0.2, 0) is 19.6 Å². The SMILES string of the molecule is CCNCc1cc(CN(Cc2ccco2)C2CC2)c(C)o1. The Kier molecular flexibility index (Phi) is 4.46. The highest BCUT2D eigenvalue weighted by Gasteiger charge is 2.30. The van der Waals surface area contributed by atoms with Crippen LogP contribution in [0.5, 0.6) is 0 Å². The van der Waals surface area contributed by atoms with Gasteiger partial charge in [-0.3, -0.25) is 4.90 Å². The molecule has 2 aromatic rings. The topological polar surface area (TPSA) is 41.5 Å². The van der Waals surface area contributed by atoms with E-state index in [1.54, 1.807) is 6.26 Å². The van der Waals surface area contributed by atoms with Gasteiger partial charge in [-0.2, -0.15) is 0 Å². The van der Waals surface area contributed by atoms with Crippen LogP contribution >= 0.6 is 0 Å². The second kappa shape index (κ2) is 6.50. The Morgan fingerprint density at radius 1 is 1.29 bits per heavy atom. The molecule has 0 radical (unpaired) electrons. The molecule has 0 unspecified atom stereocenters. The van der Waals surface area contributed by atoms with Gasteiger partial charge in [-0.05, 0) is 44.5 Å². The van der Waals surface area contributed by atoms with Crippen LogP contribution in [0.2, 0.25) is 0 Å². The van der Waals surface area contributed by atoms with Crippen LogP contribution < -0.4 is 5.32 Å². The standard InChI is InChI=1S/C17H24N2O2/c1-3-18-10-17-9-14(13(2)21-17)11-19(15-6-7-15)12-16-5-4-8-20-16/h4-5,8-9,15,18H,3,6-7,10-12H2,1-2H3. The molecule has 2 heterocycles. The molecule has 0 amide bonds. The van der Waals surface area contributed by atoms with E-state index in [0.717, 1.165) is 43.5 Å². The summed E-state index contributed by atoms with van der Waals surface area (Å²) in [7, 11) is 0. The molecule has 1 N–H and O–H groups in total. The van der Waals surface area contributed by atoms with Crippen molar-refractivity contribution in [2.24, 2.45) is 0 Å². The van der Waals surface area contributed by atoms with Gasteiger partial charge in [0.25, 0.3) is 0 Å². The van der Waals surface area contributed by atoms with E-state index in [0.29, 0.717) is 6.04 Å². The van der Waals surface area contributed by atoms with Crippen LogP contribution in [0.4, 0.5) is 0 Å². The van der Waals surface area contributed by atoms with E-state index in [9.17, 15) is 0 Å². The van der Waals surface area contributed by atoms with Gasteiger partial charge in [0.1, 0.15) is 17.3 Å². The molecule has 0 atom stereocenters. The van der Waals surface area contributed by atoms with Crippen LogP contribution in [0.25, 0.3) is 0 Å². The smallest absolute Gasteiger partial charge is 0.118 e. The van der Waals surface area contributed by atoms with Crippen LogP contribution in [0.15, 0.2) is 33.3 Å². The highest BCUT2D eigenvalue weighted by atomic mass is 16.3. The molecule has 114 valence electrons. The first-order valence-electron chi connectivity index (χ1n) is 7.81. The predicted molar refractivity (Wildman–Crippen MR) is 81.8 cm³/mol. The van der Waals surface area contributed by atoms with Crippen molar-refractivity contribution in [2.75, 3.05) is 6.54 Å². The molecule has 0 spiro atoms. The molecule has 3 rings (SSSR count). The number of nitrogens with zero attached hydrogens (tertiary/aromatic N) is 1. The van der Waals surface area contributed by atoms with E-state index in [1.807, 2.05) is 12.1 Å². The molecular formula is C17H24N2O2. The van der Waals surface area contributed by atoms with Crippen molar-refractivity contribution in [2.45, 2.75) is 52.4 Å². The largest absolute Gasteiger partial charge is 0.468 e. The third-order valence-electron chi connectivity index (χ3n) is 4.00. The van der Waals surface area contributed by atoms with Gasteiger partial charge in [0.2, 0.25) is 0 Å². The lowest BCUT2D eigenvalue weighted by Gasteiger charge is -2.20. The summed E-state index contributed by atoms with van der Waals surface area (Å²) in [6.07, 6.45) is 4.34. The first kappa shape index (κ1) is 14.4. The van der Waals surface area contributed by atoms with Gasteiger partial charge in [-0.25, -0.2) is 0 Å². The average Bonchev–Trinajstić information content (AvgIpc) is 3.09. The van der Waals surface area contributed by atoms with E-state index in [2.05, 4.69) is 30.1 Å². The van der Waals surface area contributed by atoms with Crippen molar-refractivity contribution in [3.05, 3.63) is 47.3 Å². The first-order chi connectivity index (χ1) is 10.3. The van der Waals surface area contributed by atoms with E-state index < -0.39 is 0 Å². The average molecular weight is 288 g/mol. The summed E-state index contributed by atoms with van der Waals surface area (Å²) < 4.78 is 11.3. The van der Waals surface area contributed by atoms with Gasteiger partial charge in [0.05, 0.1) is 19.4 Å². The van der Waals surface area contributed by atoms with E-state index in [4.69, 9.17) is 8.83 Å². The molecule has 1 saturated carbocycles. The lowest BCUT2D eigenvalue weighted by atomic mass is 10.2. The number of hydrogen-bond donors (Lipinski definition) is 1. The van der Waals surface area contributed by atoms with Gasteiger partial charge in [0.15, 0.2) is 0 Å². The molecule has 4 heteroatoms. The maximum Gasteiger partial charge on any atom is 0.118 e. The minimum absolute atomic E-state index is 0.696. The zero-order chi connectivity index (χ0) is 14.7. The second-order valence-corrected chi connectivity index (χ2v) is 5.79. The number of rotatable bonds is 8. The van der Waals surface area contributed by atoms with Crippen LogP contribution in [-0.4, -0.2) is 17.5 Å². The number of furan rings is 2. The van der Waals surface area contributed by atoms with E-state index >= 15 is 0 Å². The summed E-state index contributed by atoms with van der Waals surface area (Å²) in [5.74, 6) is 3.10. The van der Waals surface area contributed by atoms with Gasteiger partial charge in [0, 0.05) is 18.2 Å². The lowest BCUT2D eigenvalue weighted by molar-refractivity contribution is 0.224. The van der Waals surface area contributed by atoms with Gasteiger partial charge < -0.3 is 14.2 Å². The molecule has 0 saturated heterocycles. The maximum atomic E-state index is 5.84. The third kappa shape index (κ3) is 3.77. The van der Waals surface area contributed by atoms with Crippen molar-refractivity contribution in [1.82, 2.24) is 10.2 Å². The molecule has 4 nitrogen and oxygen atoms in total. The van der Waals surface area contributed by atoms with Crippen molar-refractivity contribution < 1.29 is 8.83 Å². The van der Waals surface area contributed by atoms with Crippen LogP contribution in [0.3, 0.4) is 0 Å². The summed E-state index contributed by atoms with van der Waals surface area (Å²) in [6, 6.07) is 6.89. The summed E-state index contributed by atoms with van der Waals surface area (Å²) in [6.45, 7) is 7.75. The molecular weight excluding hydrogens is 264 g/mol. The Hall–Kier alpha value is -1.52. The molecule has 21 heavy (non-hydrogen) atoms. The zero-order valence-electron chi connectivity index (χ0n) is 12.9. The maximum absolute atomic E-state index is 5.84. The summed E-state index contributed by atoms with van der Waals surface area (Å²) in [5, 5.41) is 3.31. The van der Waals surface area contributed by atoms with E-state index in [-0.39, 0.29) is 0 Å². The number of hydrogen-bond acceptors (Lipinski definition) is 4. The summed E-state index contributed by atoms with van der Waals surface area (Å²) in [4.78, 5) is 2.49. The monoisotopic (exact) mass is 288 g/mol. The van der Waals surface area contributed by atoms with Crippen molar-refractivity contribution in [3.8, 4) is 0 Å². The normalized spacial score (nSPS) is 15.0. The van der Waals surface area contributed by atoms with Crippen LogP contribution in [0, 0.1) is 6.92 Å². The Labute approximate surface area is 126 Å². The Balaban J connectivity index is 1.66. The fourth-order valence-corrected chi connectivity index (χ4v) is 2.66. The molecule has 0 aliphatic heterocycles. The Morgan fingerprint density at radius 3 is 2.81 bits per heavy atom. The lowest BCUT2D eigenvalue weighted by Crippen LogP contribution is -2.24. The first-order valence-corrected chi connectivity index (χ1v) is 7.81. The van der Waals surface area contributed by atoms with Crippen molar-refractivity contribution >= 4 is 0 Å². The Morgan fingerprint density at radius 2 is 2.14 bits per heavy atom. The number of nitrogens with one attached hydrogen (secondary N) is 1. The fraction of sp³-hybridized carbons (Fsp3) is 0.529. The van der Waals surface area contributed by atoms with Gasteiger partial charge >= 0.3 is 0 Å². The Bertz CT molecular complexity index is 555. The summed E-state index contributed by atoms with van der Waals surface area (Å²) in [5.41, 5.74) is 1.29. The highest BCUT2D eigenvalue weighted by molar-refractivity contribution is 5.21. The minimum atomic E-state index is 0.696. The van der Waals surface area contributed by atoms with Crippen molar-refractivity contribution in [1.29, 1.82) is 0 Å². The molecule has 1 aliphatic rings. The molecule has 1 aliphatic carbocycles. The van der Waals surface area contributed by atoms with Crippen molar-refractivity contribution in [3.63, 3.8) is 0 Å². The quantitative estimate of drug-likeness (QED) is 0.807. The summed E-state index contributed by atoms with van der Waals surface area (Å²) >= 11 is 0. The fourth-order valence-electron chi connectivity index (χ4n) is 2.66. The molecule has 0 aromatic carbocycles. The van der Waals surface area contributed by atoms with Gasteiger partial charge in [-0.1, -0.05) is 6.92 Å². The second-order valence-electron chi connectivity index (χ2n) is 5.79. The molecule has 2 aromatic heterocycles. The minimum Gasteiger partial charge on any atom is -0.468 e.